The molecule has 0 radical (unpaired) electrons. The second kappa shape index (κ2) is 6.71. The monoisotopic (exact) mass is 355 g/mol. The van der Waals surface area contributed by atoms with Crippen molar-refractivity contribution in [2.75, 3.05) is 10.6 Å². The normalized spacial score (nSPS) is 15.7. The van der Waals surface area contributed by atoms with Crippen molar-refractivity contribution < 1.29 is 23.1 Å². The van der Waals surface area contributed by atoms with Crippen LogP contribution in [0.1, 0.15) is 23.2 Å². The molecule has 2 aromatic heterocycles. The summed E-state index contributed by atoms with van der Waals surface area (Å²) in [7, 11) is 0. The first-order valence-corrected chi connectivity index (χ1v) is 7.61. The average Bonchev–Trinajstić information content (AvgIpc) is 3.29. The number of amides is 1. The van der Waals surface area contributed by atoms with E-state index in [2.05, 4.69) is 20.7 Å². The molecule has 2 aromatic rings. The maximum Gasteiger partial charge on any atom is 0.408 e. The summed E-state index contributed by atoms with van der Waals surface area (Å²) in [5, 5.41) is 18.7. The lowest BCUT2D eigenvalue weighted by molar-refractivity contribution is -0.142. The van der Waals surface area contributed by atoms with E-state index in [1.807, 2.05) is 0 Å². The summed E-state index contributed by atoms with van der Waals surface area (Å²) >= 11 is 0. The molecule has 0 aromatic carbocycles. The zero-order valence-electron chi connectivity index (χ0n) is 13.0. The van der Waals surface area contributed by atoms with Crippen LogP contribution in [0.2, 0.25) is 0 Å². The smallest absolute Gasteiger partial charge is 0.373 e. The first-order chi connectivity index (χ1) is 11.8. The Morgan fingerprint density at radius 3 is 2.88 bits per heavy atom. The molecule has 1 saturated carbocycles. The molecule has 1 atom stereocenters. The zero-order chi connectivity index (χ0) is 18.0. The van der Waals surface area contributed by atoms with Crippen molar-refractivity contribution in [3.8, 4) is 0 Å². The second-order valence-corrected chi connectivity index (χ2v) is 5.85. The first-order valence-electron chi connectivity index (χ1n) is 7.61. The number of rotatable bonds is 6. The van der Waals surface area contributed by atoms with Gasteiger partial charge in [0.25, 0.3) is 5.91 Å². The van der Waals surface area contributed by atoms with Crippen molar-refractivity contribution in [3.63, 3.8) is 0 Å². The molecule has 0 spiro atoms. The third-order valence-electron chi connectivity index (χ3n) is 3.62. The number of nitrogens with zero attached hydrogens (tertiary/aromatic N) is 3. The van der Waals surface area contributed by atoms with E-state index in [1.54, 1.807) is 0 Å². The predicted octanol–water partition coefficient (Wildman–Crippen LogP) is 2.23. The SMILES string of the molecule is O=C(Nc1cnn(CC(F)(F)F)c1)c1ccnc(NC(O)C2CC2)c1. The molecule has 1 fully saturated rings. The highest BCUT2D eigenvalue weighted by Crippen LogP contribution is 2.32. The van der Waals surface area contributed by atoms with Crippen LogP contribution in [0.4, 0.5) is 24.7 Å². The van der Waals surface area contributed by atoms with Crippen molar-refractivity contribution >= 4 is 17.4 Å². The Morgan fingerprint density at radius 2 is 2.20 bits per heavy atom. The second-order valence-electron chi connectivity index (χ2n) is 5.85. The van der Waals surface area contributed by atoms with Crippen LogP contribution < -0.4 is 10.6 Å². The number of aromatic nitrogens is 3. The van der Waals surface area contributed by atoms with E-state index in [4.69, 9.17) is 0 Å². The van der Waals surface area contributed by atoms with Crippen LogP contribution >= 0.6 is 0 Å². The van der Waals surface area contributed by atoms with E-state index in [9.17, 15) is 23.1 Å². The zero-order valence-corrected chi connectivity index (χ0v) is 13.0. The quantitative estimate of drug-likeness (QED) is 0.691. The molecule has 3 N–H and O–H groups in total. The third kappa shape index (κ3) is 4.92. The molecule has 10 heteroatoms. The van der Waals surface area contributed by atoms with Gasteiger partial charge in [0.2, 0.25) is 0 Å². The lowest BCUT2D eigenvalue weighted by atomic mass is 10.2. The number of hydrogen-bond acceptors (Lipinski definition) is 5. The van der Waals surface area contributed by atoms with E-state index in [1.165, 1.54) is 18.3 Å². The lowest BCUT2D eigenvalue weighted by Crippen LogP contribution is -2.22. The number of hydrogen-bond donors (Lipinski definition) is 3. The average molecular weight is 355 g/mol. The molecule has 3 rings (SSSR count). The molecule has 0 saturated heterocycles. The number of aliphatic hydroxyl groups is 1. The summed E-state index contributed by atoms with van der Waals surface area (Å²) in [4.78, 5) is 16.2. The van der Waals surface area contributed by atoms with Crippen LogP contribution in [0.5, 0.6) is 0 Å². The molecule has 7 nitrogen and oxygen atoms in total. The molecular formula is C15H16F3N5O2. The van der Waals surface area contributed by atoms with Crippen molar-refractivity contribution in [2.24, 2.45) is 5.92 Å². The molecule has 0 aliphatic heterocycles. The highest BCUT2D eigenvalue weighted by molar-refractivity contribution is 6.04. The van der Waals surface area contributed by atoms with Gasteiger partial charge in [0, 0.05) is 23.9 Å². The molecule has 2 heterocycles. The number of alkyl halides is 3. The Bertz CT molecular complexity index is 758. The molecule has 1 amide bonds. The summed E-state index contributed by atoms with van der Waals surface area (Å²) in [6, 6.07) is 2.92. The van der Waals surface area contributed by atoms with Gasteiger partial charge >= 0.3 is 6.18 Å². The van der Waals surface area contributed by atoms with Crippen molar-refractivity contribution in [2.45, 2.75) is 31.8 Å². The largest absolute Gasteiger partial charge is 0.408 e. The van der Waals surface area contributed by atoms with Gasteiger partial charge in [0.05, 0.1) is 11.9 Å². The van der Waals surface area contributed by atoms with Crippen molar-refractivity contribution in [1.29, 1.82) is 0 Å². The number of aliphatic hydroxyl groups excluding tert-OH is 1. The Morgan fingerprint density at radius 1 is 1.44 bits per heavy atom. The maximum absolute atomic E-state index is 12.3. The van der Waals surface area contributed by atoms with Crippen molar-refractivity contribution in [1.82, 2.24) is 14.8 Å². The topological polar surface area (TPSA) is 92.1 Å². The van der Waals surface area contributed by atoms with Crippen LogP contribution in [-0.2, 0) is 6.54 Å². The molecular weight excluding hydrogens is 339 g/mol. The number of carbonyl (C=O) groups is 1. The number of nitrogens with one attached hydrogen (secondary N) is 2. The van der Waals surface area contributed by atoms with E-state index in [-0.39, 0.29) is 17.2 Å². The fraction of sp³-hybridized carbons (Fsp3) is 0.400. The van der Waals surface area contributed by atoms with E-state index < -0.39 is 24.9 Å². The van der Waals surface area contributed by atoms with E-state index in [0.717, 1.165) is 25.2 Å². The summed E-state index contributed by atoms with van der Waals surface area (Å²) in [6.45, 7) is -1.23. The summed E-state index contributed by atoms with van der Waals surface area (Å²) < 4.78 is 37.6. The van der Waals surface area contributed by atoms with Gasteiger partial charge in [-0.1, -0.05) is 0 Å². The minimum atomic E-state index is -4.39. The van der Waals surface area contributed by atoms with E-state index >= 15 is 0 Å². The summed E-state index contributed by atoms with van der Waals surface area (Å²) in [5.41, 5.74) is 0.405. The fourth-order valence-electron chi connectivity index (χ4n) is 2.23. The predicted molar refractivity (Wildman–Crippen MR) is 82.8 cm³/mol. The number of carbonyl (C=O) groups excluding carboxylic acids is 1. The maximum atomic E-state index is 12.3. The van der Waals surface area contributed by atoms with Crippen LogP contribution in [0, 0.1) is 5.92 Å². The summed E-state index contributed by atoms with van der Waals surface area (Å²) in [5.74, 6) is 0.0245. The highest BCUT2D eigenvalue weighted by Gasteiger charge is 2.30. The van der Waals surface area contributed by atoms with Gasteiger partial charge in [0.1, 0.15) is 18.6 Å². The van der Waals surface area contributed by atoms with Gasteiger partial charge in [-0.05, 0) is 25.0 Å². The van der Waals surface area contributed by atoms with Crippen LogP contribution in [0.25, 0.3) is 0 Å². The molecule has 1 unspecified atom stereocenters. The van der Waals surface area contributed by atoms with Crippen LogP contribution in [-0.4, -0.2) is 38.2 Å². The van der Waals surface area contributed by atoms with Gasteiger partial charge in [-0.3, -0.25) is 9.48 Å². The summed E-state index contributed by atoms with van der Waals surface area (Å²) in [6.07, 6.45) is 0.424. The fourth-order valence-corrected chi connectivity index (χ4v) is 2.23. The number of halogens is 3. The third-order valence-corrected chi connectivity index (χ3v) is 3.62. The lowest BCUT2D eigenvalue weighted by Gasteiger charge is -2.12. The minimum Gasteiger partial charge on any atom is -0.373 e. The molecule has 134 valence electrons. The Balaban J connectivity index is 1.63. The number of pyridine rings is 1. The van der Waals surface area contributed by atoms with E-state index in [0.29, 0.717) is 10.5 Å². The minimum absolute atomic E-state index is 0.151. The van der Waals surface area contributed by atoms with Crippen molar-refractivity contribution in [3.05, 3.63) is 36.3 Å². The molecule has 1 aliphatic carbocycles. The van der Waals surface area contributed by atoms with Crippen LogP contribution in [0.15, 0.2) is 30.7 Å². The Labute approximate surface area is 140 Å². The molecule has 1 aliphatic rings. The standard InChI is InChI=1S/C15H16F3N5O2/c16-15(17,18)8-23-7-11(6-20-23)21-14(25)10-3-4-19-12(5-10)22-13(24)9-1-2-9/h3-7,9,13,24H,1-2,8H2,(H,19,22)(H,21,25). The van der Waals surface area contributed by atoms with Crippen LogP contribution in [0.3, 0.4) is 0 Å². The Hall–Kier alpha value is -2.62. The number of anilines is 2. The molecule has 25 heavy (non-hydrogen) atoms. The van der Waals surface area contributed by atoms with Gasteiger partial charge in [0.15, 0.2) is 0 Å². The Kier molecular flexibility index (Phi) is 4.62. The molecule has 0 bridgehead atoms. The van der Waals surface area contributed by atoms with Gasteiger partial charge in [-0.15, -0.1) is 0 Å². The van der Waals surface area contributed by atoms with Gasteiger partial charge in [-0.25, -0.2) is 4.98 Å². The highest BCUT2D eigenvalue weighted by atomic mass is 19.4. The van der Waals surface area contributed by atoms with Gasteiger partial charge in [-0.2, -0.15) is 18.3 Å². The first kappa shape index (κ1) is 17.2. The van der Waals surface area contributed by atoms with Gasteiger partial charge < -0.3 is 15.7 Å².